The second-order valence-corrected chi connectivity index (χ2v) is 8.54. The number of fused-ring (bicyclic) bond motifs is 5. The number of carbonyl (C=O) groups is 3. The largest absolute Gasteiger partial charge is 0.357 e. The van der Waals surface area contributed by atoms with Gasteiger partial charge in [-0.3, -0.25) is 14.4 Å². The molecule has 1 N–H and O–H groups in total. The SMILES string of the molecule is O=C(Nc1ccccc1)[C@@H]1[C@@H]2C(=O)N(c3ccccc3)C(=O)[C@H]2[C@H]2c3ccccc3C=CN12. The summed E-state index contributed by atoms with van der Waals surface area (Å²) in [5.41, 5.74) is 3.15. The summed E-state index contributed by atoms with van der Waals surface area (Å²) in [6.07, 6.45) is 3.80. The van der Waals surface area contributed by atoms with Crippen molar-refractivity contribution in [1.82, 2.24) is 4.90 Å². The van der Waals surface area contributed by atoms with Gasteiger partial charge in [-0.25, -0.2) is 4.90 Å². The van der Waals surface area contributed by atoms with Crippen LogP contribution in [0.25, 0.3) is 6.08 Å². The zero-order valence-electron chi connectivity index (χ0n) is 17.7. The number of nitrogens with zero attached hydrogens (tertiary/aromatic N) is 2. The summed E-state index contributed by atoms with van der Waals surface area (Å²) in [6.45, 7) is 0. The third-order valence-electron chi connectivity index (χ3n) is 6.79. The van der Waals surface area contributed by atoms with E-state index in [0.29, 0.717) is 11.4 Å². The van der Waals surface area contributed by atoms with Crippen LogP contribution >= 0.6 is 0 Å². The Kier molecular flexibility index (Phi) is 4.40. The van der Waals surface area contributed by atoms with Gasteiger partial charge >= 0.3 is 0 Å². The highest BCUT2D eigenvalue weighted by Gasteiger charge is 2.64. The van der Waals surface area contributed by atoms with E-state index in [1.165, 1.54) is 4.90 Å². The van der Waals surface area contributed by atoms with Crippen LogP contribution in [0.4, 0.5) is 11.4 Å². The second kappa shape index (κ2) is 7.45. The molecule has 2 fully saturated rings. The Morgan fingerprint density at radius 1 is 0.758 bits per heavy atom. The number of para-hydroxylation sites is 2. The predicted octanol–water partition coefficient (Wildman–Crippen LogP) is 3.84. The Morgan fingerprint density at radius 2 is 1.39 bits per heavy atom. The molecule has 162 valence electrons. The lowest BCUT2D eigenvalue weighted by atomic mass is 9.84. The molecule has 33 heavy (non-hydrogen) atoms. The molecule has 0 bridgehead atoms. The maximum Gasteiger partial charge on any atom is 0.247 e. The van der Waals surface area contributed by atoms with Crippen LogP contribution in [0.3, 0.4) is 0 Å². The van der Waals surface area contributed by atoms with Crippen molar-refractivity contribution in [2.75, 3.05) is 10.2 Å². The smallest absolute Gasteiger partial charge is 0.247 e. The van der Waals surface area contributed by atoms with Crippen molar-refractivity contribution in [3.8, 4) is 0 Å². The number of imide groups is 1. The zero-order chi connectivity index (χ0) is 22.5. The van der Waals surface area contributed by atoms with Crippen LogP contribution in [-0.4, -0.2) is 28.7 Å². The standard InChI is InChI=1S/C27H21N3O3/c31-25(28-18-10-3-1-4-11-18)24-22-21(23-20-14-8-7-9-17(20)15-16-29(23)24)26(32)30(27(22)33)19-12-5-2-6-13-19/h1-16,21-24H,(H,28,31)/t21-,22-,23-,24+/m1/s1. The van der Waals surface area contributed by atoms with Crippen molar-refractivity contribution in [2.45, 2.75) is 12.1 Å². The lowest BCUT2D eigenvalue weighted by Crippen LogP contribution is -2.46. The number of hydrogen-bond donors (Lipinski definition) is 1. The third-order valence-corrected chi connectivity index (χ3v) is 6.79. The summed E-state index contributed by atoms with van der Waals surface area (Å²) in [5.74, 6) is -2.30. The van der Waals surface area contributed by atoms with E-state index in [2.05, 4.69) is 5.32 Å². The van der Waals surface area contributed by atoms with E-state index in [0.717, 1.165) is 11.1 Å². The van der Waals surface area contributed by atoms with Crippen LogP contribution in [0.1, 0.15) is 17.2 Å². The van der Waals surface area contributed by atoms with Gasteiger partial charge in [0.1, 0.15) is 6.04 Å². The summed E-state index contributed by atoms with van der Waals surface area (Å²) in [6, 6.07) is 24.8. The molecule has 6 nitrogen and oxygen atoms in total. The number of rotatable bonds is 3. The van der Waals surface area contributed by atoms with E-state index in [-0.39, 0.29) is 23.8 Å². The van der Waals surface area contributed by atoms with E-state index in [4.69, 9.17) is 0 Å². The molecule has 0 spiro atoms. The van der Waals surface area contributed by atoms with Crippen LogP contribution in [0.5, 0.6) is 0 Å². The molecular weight excluding hydrogens is 414 g/mol. The number of anilines is 2. The van der Waals surface area contributed by atoms with Crippen LogP contribution in [0.2, 0.25) is 0 Å². The molecule has 3 heterocycles. The Morgan fingerprint density at radius 3 is 2.15 bits per heavy atom. The normalized spacial score (nSPS) is 25.0. The maximum absolute atomic E-state index is 13.7. The molecule has 6 rings (SSSR count). The Labute approximate surface area is 191 Å². The van der Waals surface area contributed by atoms with Crippen LogP contribution in [0.15, 0.2) is 91.1 Å². The fourth-order valence-corrected chi connectivity index (χ4v) is 5.43. The fourth-order valence-electron chi connectivity index (χ4n) is 5.43. The summed E-state index contributed by atoms with van der Waals surface area (Å²) in [5, 5.41) is 2.95. The molecule has 4 atom stereocenters. The van der Waals surface area contributed by atoms with Crippen molar-refractivity contribution in [2.24, 2.45) is 11.8 Å². The maximum atomic E-state index is 13.7. The van der Waals surface area contributed by atoms with Gasteiger partial charge in [0.05, 0.1) is 23.6 Å². The van der Waals surface area contributed by atoms with Gasteiger partial charge in [-0.1, -0.05) is 60.7 Å². The topological polar surface area (TPSA) is 69.7 Å². The van der Waals surface area contributed by atoms with E-state index >= 15 is 0 Å². The first-order valence-electron chi connectivity index (χ1n) is 11.0. The lowest BCUT2D eigenvalue weighted by Gasteiger charge is -2.35. The molecular formula is C27H21N3O3. The van der Waals surface area contributed by atoms with Crippen LogP contribution in [-0.2, 0) is 14.4 Å². The monoisotopic (exact) mass is 435 g/mol. The van der Waals surface area contributed by atoms with Gasteiger partial charge in [0.2, 0.25) is 17.7 Å². The van der Waals surface area contributed by atoms with Crippen LogP contribution < -0.4 is 10.2 Å². The molecule has 3 aromatic carbocycles. The Balaban J connectivity index is 1.45. The Hall–Kier alpha value is -4.19. The van der Waals surface area contributed by atoms with Crippen molar-refractivity contribution in [1.29, 1.82) is 0 Å². The molecule has 0 unspecified atom stereocenters. The number of benzene rings is 3. The predicted molar refractivity (Wildman–Crippen MR) is 125 cm³/mol. The minimum atomic E-state index is -0.796. The summed E-state index contributed by atoms with van der Waals surface area (Å²) in [4.78, 5) is 44.1. The van der Waals surface area contributed by atoms with Gasteiger partial charge in [-0.15, -0.1) is 0 Å². The second-order valence-electron chi connectivity index (χ2n) is 8.54. The van der Waals surface area contributed by atoms with E-state index < -0.39 is 17.9 Å². The van der Waals surface area contributed by atoms with E-state index in [1.54, 1.807) is 36.4 Å². The molecule has 3 amide bonds. The van der Waals surface area contributed by atoms with Gasteiger partial charge in [0.15, 0.2) is 0 Å². The first kappa shape index (κ1) is 19.5. The summed E-state index contributed by atoms with van der Waals surface area (Å²) >= 11 is 0. The third kappa shape index (κ3) is 2.91. The lowest BCUT2D eigenvalue weighted by molar-refractivity contribution is -0.128. The van der Waals surface area contributed by atoms with Crippen molar-refractivity contribution >= 4 is 35.2 Å². The highest BCUT2D eigenvalue weighted by atomic mass is 16.2. The highest BCUT2D eigenvalue weighted by Crippen LogP contribution is 2.53. The van der Waals surface area contributed by atoms with Crippen LogP contribution in [0, 0.1) is 11.8 Å². The van der Waals surface area contributed by atoms with Gasteiger partial charge in [-0.2, -0.15) is 0 Å². The highest BCUT2D eigenvalue weighted by molar-refractivity contribution is 6.24. The quantitative estimate of drug-likeness (QED) is 0.635. The van der Waals surface area contributed by atoms with Crippen molar-refractivity contribution in [3.63, 3.8) is 0 Å². The van der Waals surface area contributed by atoms with E-state index in [1.807, 2.05) is 65.7 Å². The molecule has 3 aromatic rings. The molecule has 0 aliphatic carbocycles. The number of nitrogens with one attached hydrogen (secondary N) is 1. The molecule has 3 aliphatic heterocycles. The first-order valence-corrected chi connectivity index (χ1v) is 11.0. The molecule has 0 aromatic heterocycles. The molecule has 0 saturated carbocycles. The van der Waals surface area contributed by atoms with Crippen molar-refractivity contribution < 1.29 is 14.4 Å². The molecule has 3 aliphatic rings. The van der Waals surface area contributed by atoms with Gasteiger partial charge in [0.25, 0.3) is 0 Å². The van der Waals surface area contributed by atoms with Gasteiger partial charge < -0.3 is 10.2 Å². The van der Waals surface area contributed by atoms with Gasteiger partial charge in [0, 0.05) is 11.9 Å². The fraction of sp³-hybridized carbons (Fsp3) is 0.148. The zero-order valence-corrected chi connectivity index (χ0v) is 17.7. The molecule has 6 heteroatoms. The Bertz CT molecular complexity index is 1290. The summed E-state index contributed by atoms with van der Waals surface area (Å²) < 4.78 is 0. The van der Waals surface area contributed by atoms with Crippen molar-refractivity contribution in [3.05, 3.63) is 102 Å². The molecule has 2 saturated heterocycles. The first-order chi connectivity index (χ1) is 16.1. The average molecular weight is 435 g/mol. The number of carbonyl (C=O) groups excluding carboxylic acids is 3. The minimum Gasteiger partial charge on any atom is -0.357 e. The van der Waals surface area contributed by atoms with E-state index in [9.17, 15) is 14.4 Å². The number of amides is 3. The molecule has 0 radical (unpaired) electrons. The summed E-state index contributed by atoms with van der Waals surface area (Å²) in [7, 11) is 0. The average Bonchev–Trinajstić information content (AvgIpc) is 3.33. The minimum absolute atomic E-state index is 0.258. The van der Waals surface area contributed by atoms with Gasteiger partial charge in [-0.05, 0) is 41.5 Å². The number of hydrogen-bond acceptors (Lipinski definition) is 4.